The first kappa shape index (κ1) is 32.3. The highest BCUT2D eigenvalue weighted by Crippen LogP contribution is 2.37. The summed E-state index contributed by atoms with van der Waals surface area (Å²) in [5.74, 6) is -0.961. The molecule has 0 saturated carbocycles. The number of halogens is 3. The van der Waals surface area contributed by atoms with Gasteiger partial charge in [0, 0.05) is 62.2 Å². The van der Waals surface area contributed by atoms with Gasteiger partial charge in [-0.25, -0.2) is 9.97 Å². The zero-order chi connectivity index (χ0) is 34.3. The van der Waals surface area contributed by atoms with Crippen LogP contribution in [0.4, 0.5) is 13.2 Å². The number of likely N-dealkylation sites (tertiary alicyclic amines) is 1. The summed E-state index contributed by atoms with van der Waals surface area (Å²) in [6.45, 7) is 2.28. The molecule has 3 amide bonds. The molecule has 0 radical (unpaired) electrons. The number of aromatic nitrogens is 3. The second kappa shape index (κ2) is 12.7. The van der Waals surface area contributed by atoms with Crippen molar-refractivity contribution >= 4 is 17.7 Å². The third-order valence-corrected chi connectivity index (χ3v) is 9.29. The maximum Gasteiger partial charge on any atom is 0.433 e. The van der Waals surface area contributed by atoms with E-state index in [2.05, 4.69) is 25.2 Å². The van der Waals surface area contributed by atoms with Crippen molar-refractivity contribution in [3.8, 4) is 23.0 Å². The van der Waals surface area contributed by atoms with Crippen molar-refractivity contribution in [1.82, 2.24) is 30.1 Å². The number of carbonyl (C=O) groups excluding carboxylic acids is 3. The number of piperidine rings is 2. The monoisotopic (exact) mass is 672 g/mol. The normalized spacial score (nSPS) is 19.5. The van der Waals surface area contributed by atoms with Crippen LogP contribution in [0.5, 0.6) is 11.9 Å². The highest BCUT2D eigenvalue weighted by atomic mass is 19.4. The van der Waals surface area contributed by atoms with E-state index < -0.39 is 35.4 Å². The summed E-state index contributed by atoms with van der Waals surface area (Å²) in [6, 6.07) is 16.3. The lowest BCUT2D eigenvalue weighted by Crippen LogP contribution is -2.52. The summed E-state index contributed by atoms with van der Waals surface area (Å²) in [5.41, 5.74) is 2.67. The molecule has 3 aliphatic rings. The van der Waals surface area contributed by atoms with Crippen LogP contribution in [0.2, 0.25) is 0 Å². The largest absolute Gasteiger partial charge is 0.433 e. The second-order valence-electron chi connectivity index (χ2n) is 12.5. The van der Waals surface area contributed by atoms with Gasteiger partial charge in [0.1, 0.15) is 6.04 Å². The van der Waals surface area contributed by atoms with Gasteiger partial charge in [0.25, 0.3) is 5.91 Å². The SMILES string of the molecule is O=C1CCC(N2Cc3cc(C4(O)CCN(Cc5ccc(-c6ccc(Oc7nccc(C(F)(F)F)n7)nc6)cc5)CC4)ccc3C2=O)C(=O)N1. The number of pyridine rings is 1. The van der Waals surface area contributed by atoms with Crippen molar-refractivity contribution < 1.29 is 37.4 Å². The molecule has 4 aromatic rings. The molecule has 2 saturated heterocycles. The first-order valence-electron chi connectivity index (χ1n) is 15.8. The first-order chi connectivity index (χ1) is 23.4. The van der Waals surface area contributed by atoms with Crippen molar-refractivity contribution in [2.75, 3.05) is 13.1 Å². The Bertz CT molecular complexity index is 1910. The zero-order valence-electron chi connectivity index (χ0n) is 26.1. The number of benzene rings is 2. The van der Waals surface area contributed by atoms with Crippen LogP contribution in [0.1, 0.15) is 58.4 Å². The van der Waals surface area contributed by atoms with Crippen molar-refractivity contribution in [3.63, 3.8) is 0 Å². The molecule has 2 fully saturated rings. The molecule has 2 aromatic heterocycles. The molecule has 252 valence electrons. The average Bonchev–Trinajstić information content (AvgIpc) is 3.41. The Balaban J connectivity index is 0.935. The number of aliphatic hydroxyl groups is 1. The van der Waals surface area contributed by atoms with E-state index in [0.29, 0.717) is 44.5 Å². The number of hydrogen-bond donors (Lipinski definition) is 2. The molecule has 2 aromatic carbocycles. The number of rotatable bonds is 7. The van der Waals surface area contributed by atoms with Crippen LogP contribution in [0.25, 0.3) is 11.1 Å². The highest BCUT2D eigenvalue weighted by molar-refractivity contribution is 6.05. The summed E-state index contributed by atoms with van der Waals surface area (Å²) in [5, 5.41) is 13.9. The number of ether oxygens (including phenoxy) is 1. The molecule has 3 aliphatic heterocycles. The Kier molecular flexibility index (Phi) is 8.36. The van der Waals surface area contributed by atoms with Crippen molar-refractivity contribution in [3.05, 3.63) is 101 Å². The van der Waals surface area contributed by atoms with E-state index in [1.54, 1.807) is 24.4 Å². The van der Waals surface area contributed by atoms with Gasteiger partial charge < -0.3 is 14.7 Å². The topological polar surface area (TPSA) is 138 Å². The van der Waals surface area contributed by atoms with Crippen LogP contribution in [0.3, 0.4) is 0 Å². The van der Waals surface area contributed by atoms with Crippen LogP contribution < -0.4 is 10.1 Å². The number of imide groups is 1. The molecule has 1 atom stereocenters. The summed E-state index contributed by atoms with van der Waals surface area (Å²) in [4.78, 5) is 52.1. The third kappa shape index (κ3) is 6.74. The standard InChI is InChI=1S/C35H31F3N6O5/c36-35(37,38)28-11-14-39-33(41-28)49-30-10-5-23(18-40-30)22-3-1-21(2-4-22)19-43-15-12-34(48,13-16-43)25-6-7-26-24(17-25)20-44(32(26)47)27-8-9-29(45)42-31(27)46/h1-7,10-11,14,17-18,27,48H,8-9,12-13,15-16,19-20H2,(H,42,45,46). The summed E-state index contributed by atoms with van der Waals surface area (Å²) in [7, 11) is 0. The summed E-state index contributed by atoms with van der Waals surface area (Å²) < 4.78 is 44.1. The predicted octanol–water partition coefficient (Wildman–Crippen LogP) is 4.59. The number of alkyl halides is 3. The summed E-state index contributed by atoms with van der Waals surface area (Å²) >= 11 is 0. The molecule has 0 aliphatic carbocycles. The number of nitrogens with one attached hydrogen (secondary N) is 1. The molecule has 0 spiro atoms. The van der Waals surface area contributed by atoms with E-state index in [9.17, 15) is 32.7 Å². The van der Waals surface area contributed by atoms with Crippen LogP contribution in [-0.4, -0.2) is 66.7 Å². The Hall–Kier alpha value is -5.21. The average molecular weight is 673 g/mol. The molecule has 1 unspecified atom stereocenters. The van der Waals surface area contributed by atoms with Crippen molar-refractivity contribution in [1.29, 1.82) is 0 Å². The van der Waals surface area contributed by atoms with E-state index in [0.717, 1.165) is 40.1 Å². The van der Waals surface area contributed by atoms with Gasteiger partial charge in [0.2, 0.25) is 17.7 Å². The summed E-state index contributed by atoms with van der Waals surface area (Å²) in [6.07, 6.45) is -0.557. The molecule has 7 rings (SSSR count). The van der Waals surface area contributed by atoms with Gasteiger partial charge in [-0.15, -0.1) is 0 Å². The van der Waals surface area contributed by atoms with Gasteiger partial charge in [-0.3, -0.25) is 24.6 Å². The highest BCUT2D eigenvalue weighted by Gasteiger charge is 2.41. The van der Waals surface area contributed by atoms with Gasteiger partial charge in [-0.1, -0.05) is 36.4 Å². The quantitative estimate of drug-likeness (QED) is 0.270. The number of carbonyl (C=O) groups is 3. The minimum Gasteiger partial charge on any atom is -0.405 e. The minimum atomic E-state index is -4.61. The second-order valence-corrected chi connectivity index (χ2v) is 12.5. The van der Waals surface area contributed by atoms with Crippen LogP contribution >= 0.6 is 0 Å². The van der Waals surface area contributed by atoms with Gasteiger partial charge in [0.15, 0.2) is 5.69 Å². The van der Waals surface area contributed by atoms with E-state index in [1.165, 1.54) is 11.0 Å². The van der Waals surface area contributed by atoms with E-state index in [-0.39, 0.29) is 30.7 Å². The van der Waals surface area contributed by atoms with E-state index >= 15 is 0 Å². The van der Waals surface area contributed by atoms with Gasteiger partial charge in [-0.05, 0) is 59.7 Å². The van der Waals surface area contributed by atoms with E-state index in [1.807, 2.05) is 30.3 Å². The minimum absolute atomic E-state index is 0.0623. The predicted molar refractivity (Wildman–Crippen MR) is 168 cm³/mol. The smallest absolute Gasteiger partial charge is 0.405 e. The lowest BCUT2D eigenvalue weighted by atomic mass is 9.83. The third-order valence-electron chi connectivity index (χ3n) is 9.29. The van der Waals surface area contributed by atoms with Gasteiger partial charge >= 0.3 is 12.2 Å². The molecular weight excluding hydrogens is 641 g/mol. The van der Waals surface area contributed by atoms with Gasteiger partial charge in [0.05, 0.1) is 5.60 Å². The Morgan fingerprint density at radius 1 is 0.959 bits per heavy atom. The molecule has 14 heteroatoms. The number of amides is 3. The molecule has 11 nitrogen and oxygen atoms in total. The fourth-order valence-electron chi connectivity index (χ4n) is 6.55. The lowest BCUT2D eigenvalue weighted by Gasteiger charge is -2.38. The Labute approximate surface area is 278 Å². The zero-order valence-corrected chi connectivity index (χ0v) is 26.1. The molecule has 0 bridgehead atoms. The molecule has 2 N–H and O–H groups in total. The molecule has 49 heavy (non-hydrogen) atoms. The lowest BCUT2D eigenvalue weighted by molar-refractivity contribution is -0.141. The molecular formula is C35H31F3N6O5. The first-order valence-corrected chi connectivity index (χ1v) is 15.8. The molecule has 5 heterocycles. The van der Waals surface area contributed by atoms with Gasteiger partial charge in [-0.2, -0.15) is 18.2 Å². The van der Waals surface area contributed by atoms with E-state index in [4.69, 9.17) is 4.74 Å². The van der Waals surface area contributed by atoms with Crippen LogP contribution in [0, 0.1) is 0 Å². The Morgan fingerprint density at radius 2 is 1.71 bits per heavy atom. The van der Waals surface area contributed by atoms with Crippen molar-refractivity contribution in [2.24, 2.45) is 0 Å². The Morgan fingerprint density at radius 3 is 2.41 bits per heavy atom. The number of hydrogen-bond acceptors (Lipinski definition) is 9. The fourth-order valence-corrected chi connectivity index (χ4v) is 6.55. The number of nitrogens with zero attached hydrogens (tertiary/aromatic N) is 5. The van der Waals surface area contributed by atoms with Crippen LogP contribution in [-0.2, 0) is 34.5 Å². The van der Waals surface area contributed by atoms with Crippen LogP contribution in [0.15, 0.2) is 73.1 Å². The maximum atomic E-state index is 13.1. The van der Waals surface area contributed by atoms with Crippen molar-refractivity contribution in [2.45, 2.75) is 56.6 Å². The number of fused-ring (bicyclic) bond motifs is 1. The fraction of sp³-hybridized carbons (Fsp3) is 0.314. The maximum absolute atomic E-state index is 13.1.